The summed E-state index contributed by atoms with van der Waals surface area (Å²) in [7, 11) is 5.22. The van der Waals surface area contributed by atoms with Crippen LogP contribution in [0, 0.1) is 6.92 Å². The van der Waals surface area contributed by atoms with Crippen molar-refractivity contribution in [1.29, 1.82) is 0 Å². The number of piperazine rings is 1. The number of carboxylic acids is 1. The number of H-pyrrole nitrogens is 1. The molecule has 1 aliphatic heterocycles. The highest BCUT2D eigenvalue weighted by Gasteiger charge is 2.23. The predicted molar refractivity (Wildman–Crippen MR) is 188 cm³/mol. The van der Waals surface area contributed by atoms with Crippen molar-refractivity contribution < 1.29 is 33.8 Å². The van der Waals surface area contributed by atoms with E-state index in [-0.39, 0.29) is 29.0 Å². The van der Waals surface area contributed by atoms with Gasteiger partial charge in [-0.05, 0) is 87.3 Å². The van der Waals surface area contributed by atoms with E-state index in [0.717, 1.165) is 57.3 Å². The van der Waals surface area contributed by atoms with Gasteiger partial charge in [-0.1, -0.05) is 12.1 Å². The number of aromatic carboxylic acids is 1. The van der Waals surface area contributed by atoms with Gasteiger partial charge in [0.2, 0.25) is 0 Å². The van der Waals surface area contributed by atoms with Crippen LogP contribution in [0.4, 0.5) is 11.4 Å². The number of amides is 2. The molecule has 1 aliphatic rings. The maximum absolute atomic E-state index is 13.7. The summed E-state index contributed by atoms with van der Waals surface area (Å²) in [5, 5.41) is 12.6. The number of hydrogen-bond donors (Lipinski definition) is 3. The number of carbonyl (C=O) groups excluding carboxylic acids is 3. The average molecular weight is 670 g/mol. The highest BCUT2D eigenvalue weighted by Crippen LogP contribution is 2.32. The Balaban J connectivity index is 1.23. The van der Waals surface area contributed by atoms with Crippen LogP contribution in [-0.2, 0) is 4.79 Å². The first-order valence-corrected chi connectivity index (χ1v) is 16.3. The smallest absolute Gasteiger partial charge is 0.352 e. The Kier molecular flexibility index (Phi) is 11.3. The zero-order chi connectivity index (χ0) is 35.1. The van der Waals surface area contributed by atoms with E-state index >= 15 is 0 Å². The monoisotopic (exact) mass is 669 g/mol. The van der Waals surface area contributed by atoms with E-state index in [9.17, 15) is 24.3 Å². The SMILES string of the molecule is COc1cc(C(=O)N(C)c2ccc(C)cc2OCCCCC(C=O)N2CCN(C)CC2)ccc1NC(=O)c1cccc2[nH]c(C(=O)O)cc12. The van der Waals surface area contributed by atoms with Crippen molar-refractivity contribution in [2.75, 3.05) is 64.2 Å². The Morgan fingerprint density at radius 1 is 1.02 bits per heavy atom. The third kappa shape index (κ3) is 8.27. The van der Waals surface area contributed by atoms with E-state index in [2.05, 4.69) is 27.1 Å². The highest BCUT2D eigenvalue weighted by atomic mass is 16.5. The lowest BCUT2D eigenvalue weighted by molar-refractivity contribution is -0.113. The molecule has 2 amide bonds. The first kappa shape index (κ1) is 35.1. The van der Waals surface area contributed by atoms with Gasteiger partial charge in [0.15, 0.2) is 0 Å². The Hall–Kier alpha value is -5.20. The van der Waals surface area contributed by atoms with Crippen molar-refractivity contribution in [3.05, 3.63) is 83.0 Å². The van der Waals surface area contributed by atoms with Crippen LogP contribution in [0.2, 0.25) is 0 Å². The quantitative estimate of drug-likeness (QED) is 0.124. The Labute approximate surface area is 285 Å². The minimum atomic E-state index is -1.13. The summed E-state index contributed by atoms with van der Waals surface area (Å²) in [6.07, 6.45) is 3.45. The van der Waals surface area contributed by atoms with Gasteiger partial charge in [0.05, 0.1) is 31.1 Å². The fourth-order valence-corrected chi connectivity index (χ4v) is 6.03. The maximum atomic E-state index is 13.7. The number of unbranched alkanes of at least 4 members (excludes halogenated alkanes) is 1. The first-order chi connectivity index (χ1) is 23.6. The number of aryl methyl sites for hydroxylation is 1. The van der Waals surface area contributed by atoms with Crippen molar-refractivity contribution in [3.63, 3.8) is 0 Å². The number of likely N-dealkylation sites (N-methyl/N-ethyl adjacent to an activating group) is 1. The van der Waals surface area contributed by atoms with Crippen LogP contribution < -0.4 is 19.7 Å². The van der Waals surface area contributed by atoms with E-state index in [1.54, 1.807) is 43.4 Å². The zero-order valence-electron chi connectivity index (χ0n) is 28.3. The van der Waals surface area contributed by atoms with Gasteiger partial charge in [-0.2, -0.15) is 0 Å². The molecule has 5 rings (SSSR count). The van der Waals surface area contributed by atoms with E-state index in [1.165, 1.54) is 18.1 Å². The Morgan fingerprint density at radius 3 is 2.51 bits per heavy atom. The van der Waals surface area contributed by atoms with E-state index < -0.39 is 11.9 Å². The first-order valence-electron chi connectivity index (χ1n) is 16.3. The maximum Gasteiger partial charge on any atom is 0.352 e. The molecule has 1 fully saturated rings. The van der Waals surface area contributed by atoms with Gasteiger partial charge in [-0.3, -0.25) is 14.5 Å². The lowest BCUT2D eigenvalue weighted by Gasteiger charge is -2.35. The molecule has 0 saturated carbocycles. The number of aromatic nitrogens is 1. The number of nitrogens with zero attached hydrogens (tertiary/aromatic N) is 3. The third-order valence-corrected chi connectivity index (χ3v) is 8.93. The molecule has 0 radical (unpaired) electrons. The molecule has 2 heterocycles. The van der Waals surface area contributed by atoms with Crippen LogP contribution in [0.5, 0.6) is 11.5 Å². The second kappa shape index (κ2) is 15.8. The van der Waals surface area contributed by atoms with Crippen LogP contribution in [0.15, 0.2) is 60.7 Å². The van der Waals surface area contributed by atoms with Crippen molar-refractivity contribution in [2.24, 2.45) is 0 Å². The molecular formula is C37H43N5O7. The standard InChI is InChI=1S/C37H43N5O7/c1-24-11-14-32(34(20-24)49-19-6-5-8-26(23-43)42-17-15-40(2)16-18-42)41(3)36(45)25-12-13-30(33(21-25)48-4)39-35(44)27-9-7-10-29-28(27)22-31(38-29)37(46)47/h7,9-14,20-23,26,38H,5-6,8,15-19H2,1-4H3,(H,39,44)(H,46,47). The van der Waals surface area contributed by atoms with Crippen LogP contribution in [-0.4, -0.2) is 104 Å². The summed E-state index contributed by atoms with van der Waals surface area (Å²) in [6.45, 7) is 6.13. The van der Waals surface area contributed by atoms with Crippen molar-refractivity contribution in [2.45, 2.75) is 32.2 Å². The number of hydrogen-bond acceptors (Lipinski definition) is 8. The van der Waals surface area contributed by atoms with E-state index in [1.807, 2.05) is 25.1 Å². The number of nitrogens with one attached hydrogen (secondary N) is 2. The normalized spacial score (nSPS) is 14.3. The minimum absolute atomic E-state index is 0.0219. The highest BCUT2D eigenvalue weighted by molar-refractivity contribution is 6.14. The molecular weight excluding hydrogens is 626 g/mol. The summed E-state index contributed by atoms with van der Waals surface area (Å²) in [6, 6.07) is 16.7. The number of anilines is 2. The molecule has 4 aromatic rings. The molecule has 49 heavy (non-hydrogen) atoms. The minimum Gasteiger partial charge on any atom is -0.495 e. The molecule has 0 spiro atoms. The summed E-state index contributed by atoms with van der Waals surface area (Å²) >= 11 is 0. The van der Waals surface area contributed by atoms with E-state index in [4.69, 9.17) is 9.47 Å². The molecule has 1 saturated heterocycles. The van der Waals surface area contributed by atoms with Crippen LogP contribution >= 0.6 is 0 Å². The molecule has 3 aromatic carbocycles. The topological polar surface area (TPSA) is 145 Å². The number of carboxylic acid groups (broad SMARTS) is 1. The predicted octanol–water partition coefficient (Wildman–Crippen LogP) is 5.08. The second-order valence-corrected chi connectivity index (χ2v) is 12.3. The van der Waals surface area contributed by atoms with Crippen molar-refractivity contribution in [1.82, 2.24) is 14.8 Å². The van der Waals surface area contributed by atoms with Gasteiger partial charge < -0.3 is 39.5 Å². The zero-order valence-corrected chi connectivity index (χ0v) is 28.3. The van der Waals surface area contributed by atoms with E-state index in [0.29, 0.717) is 40.2 Å². The van der Waals surface area contributed by atoms with Gasteiger partial charge in [0.25, 0.3) is 11.8 Å². The van der Waals surface area contributed by atoms with Gasteiger partial charge >= 0.3 is 5.97 Å². The summed E-state index contributed by atoms with van der Waals surface area (Å²) in [4.78, 5) is 59.0. The molecule has 12 nitrogen and oxygen atoms in total. The molecule has 12 heteroatoms. The second-order valence-electron chi connectivity index (χ2n) is 12.3. The number of ether oxygens (including phenoxy) is 2. The lowest BCUT2D eigenvalue weighted by atomic mass is 10.1. The summed E-state index contributed by atoms with van der Waals surface area (Å²) in [5.74, 6) is -1.02. The van der Waals surface area contributed by atoms with Gasteiger partial charge in [0, 0.05) is 55.3 Å². The molecule has 1 aromatic heterocycles. The number of fused-ring (bicyclic) bond motifs is 1. The van der Waals surface area contributed by atoms with Crippen LogP contribution in [0.1, 0.15) is 56.0 Å². The number of rotatable bonds is 14. The molecule has 1 unspecified atom stereocenters. The van der Waals surface area contributed by atoms with Crippen LogP contribution in [0.3, 0.4) is 0 Å². The molecule has 258 valence electrons. The Morgan fingerprint density at radius 2 is 1.80 bits per heavy atom. The average Bonchev–Trinajstić information content (AvgIpc) is 3.55. The summed E-state index contributed by atoms with van der Waals surface area (Å²) in [5.41, 5.74) is 3.07. The number of benzene rings is 3. The number of aromatic amines is 1. The number of methoxy groups -OCH3 is 1. The molecule has 1 atom stereocenters. The van der Waals surface area contributed by atoms with Crippen LogP contribution in [0.25, 0.3) is 10.9 Å². The summed E-state index contributed by atoms with van der Waals surface area (Å²) < 4.78 is 11.7. The fourth-order valence-electron chi connectivity index (χ4n) is 6.03. The number of carbonyl (C=O) groups is 4. The van der Waals surface area contributed by atoms with Gasteiger partial charge in [-0.25, -0.2) is 4.79 Å². The largest absolute Gasteiger partial charge is 0.495 e. The third-order valence-electron chi connectivity index (χ3n) is 8.93. The fraction of sp³-hybridized carbons (Fsp3) is 0.351. The van der Waals surface area contributed by atoms with Gasteiger partial charge in [-0.15, -0.1) is 0 Å². The lowest BCUT2D eigenvalue weighted by Crippen LogP contribution is -2.49. The molecule has 3 N–H and O–H groups in total. The molecule has 0 aliphatic carbocycles. The van der Waals surface area contributed by atoms with Crippen molar-refractivity contribution in [3.8, 4) is 11.5 Å². The van der Waals surface area contributed by atoms with Gasteiger partial charge in [0.1, 0.15) is 23.5 Å². The number of aldehydes is 1. The molecule has 0 bridgehead atoms. The van der Waals surface area contributed by atoms with Crippen molar-refractivity contribution >= 4 is 46.3 Å². The Bertz CT molecular complexity index is 1830.